The fourth-order valence-corrected chi connectivity index (χ4v) is 4.56. The predicted molar refractivity (Wildman–Crippen MR) is 114 cm³/mol. The van der Waals surface area contributed by atoms with Gasteiger partial charge in [0.2, 0.25) is 17.4 Å². The van der Waals surface area contributed by atoms with Crippen LogP contribution in [0.15, 0.2) is 23.6 Å². The van der Waals surface area contributed by atoms with Crippen molar-refractivity contribution in [3.63, 3.8) is 0 Å². The Labute approximate surface area is 192 Å². The van der Waals surface area contributed by atoms with Crippen molar-refractivity contribution >= 4 is 23.2 Å². The molecule has 3 rings (SSSR count). The standard InChI is InChI=1S/C22H25F4N3O3S/c1-13-3-4-15(9-17(13)23)11-27-19(31)16-5-7-29(8-6-16)18(30)10-21(32,22(24,25)26)20-28-14(2)12-33-20/h3-4,9,12,16,32H,5-8,10-11H2,1-2H3,(H,27,31). The van der Waals surface area contributed by atoms with Crippen LogP contribution in [0, 0.1) is 25.6 Å². The summed E-state index contributed by atoms with van der Waals surface area (Å²) in [6.45, 7) is 3.49. The number of hydrogen-bond donors (Lipinski definition) is 2. The maximum Gasteiger partial charge on any atom is 0.424 e. The molecule has 11 heteroatoms. The minimum absolute atomic E-state index is 0.0981. The van der Waals surface area contributed by atoms with Crippen molar-refractivity contribution in [2.45, 2.75) is 51.4 Å². The molecule has 1 aliphatic heterocycles. The van der Waals surface area contributed by atoms with E-state index in [-0.39, 0.29) is 44.2 Å². The Hall–Kier alpha value is -2.53. The molecule has 2 amide bonds. The molecule has 6 nitrogen and oxygen atoms in total. The lowest BCUT2D eigenvalue weighted by atomic mass is 9.93. The van der Waals surface area contributed by atoms with E-state index in [0.717, 1.165) is 0 Å². The van der Waals surface area contributed by atoms with Gasteiger partial charge < -0.3 is 15.3 Å². The first-order valence-electron chi connectivity index (χ1n) is 10.4. The van der Waals surface area contributed by atoms with Gasteiger partial charge in [0.15, 0.2) is 0 Å². The third-order valence-electron chi connectivity index (χ3n) is 5.77. The normalized spacial score (nSPS) is 17.0. The van der Waals surface area contributed by atoms with E-state index in [2.05, 4.69) is 10.3 Å². The number of piperidine rings is 1. The molecular formula is C22H25F4N3O3S. The van der Waals surface area contributed by atoms with E-state index in [1.165, 1.54) is 23.3 Å². The largest absolute Gasteiger partial charge is 0.424 e. The lowest BCUT2D eigenvalue weighted by Gasteiger charge is -2.34. The number of aromatic nitrogens is 1. The van der Waals surface area contributed by atoms with Crippen molar-refractivity contribution in [3.05, 3.63) is 51.2 Å². The molecule has 180 valence electrons. The highest BCUT2D eigenvalue weighted by atomic mass is 32.1. The van der Waals surface area contributed by atoms with Gasteiger partial charge in [-0.15, -0.1) is 11.3 Å². The Morgan fingerprint density at radius 3 is 2.45 bits per heavy atom. The van der Waals surface area contributed by atoms with E-state index in [9.17, 15) is 32.3 Å². The van der Waals surface area contributed by atoms with Crippen LogP contribution in [0.3, 0.4) is 0 Å². The van der Waals surface area contributed by atoms with Gasteiger partial charge in [-0.2, -0.15) is 13.2 Å². The van der Waals surface area contributed by atoms with Crippen LogP contribution in [0.2, 0.25) is 0 Å². The Morgan fingerprint density at radius 1 is 1.24 bits per heavy atom. The van der Waals surface area contributed by atoms with Gasteiger partial charge in [0.1, 0.15) is 10.8 Å². The Balaban J connectivity index is 1.55. The fourth-order valence-electron chi connectivity index (χ4n) is 3.64. The quantitative estimate of drug-likeness (QED) is 0.610. The zero-order chi connectivity index (χ0) is 24.4. The molecule has 2 N–H and O–H groups in total. The molecule has 0 bridgehead atoms. The summed E-state index contributed by atoms with van der Waals surface area (Å²) in [6.07, 6.45) is -5.68. The first-order valence-corrected chi connectivity index (χ1v) is 11.3. The van der Waals surface area contributed by atoms with E-state index in [1.54, 1.807) is 19.1 Å². The number of halogens is 4. The number of carbonyl (C=O) groups is 2. The average molecular weight is 488 g/mol. The number of alkyl halides is 3. The molecule has 2 aromatic rings. The summed E-state index contributed by atoms with van der Waals surface area (Å²) in [5, 5.41) is 13.9. The number of likely N-dealkylation sites (tertiary alicyclic amines) is 1. The number of nitrogens with zero attached hydrogens (tertiary/aromatic N) is 2. The van der Waals surface area contributed by atoms with Gasteiger partial charge in [0.05, 0.1) is 6.42 Å². The molecule has 0 spiro atoms. The van der Waals surface area contributed by atoms with Crippen LogP contribution in [-0.2, 0) is 21.7 Å². The van der Waals surface area contributed by atoms with Crippen LogP contribution in [0.4, 0.5) is 17.6 Å². The van der Waals surface area contributed by atoms with Crippen LogP contribution in [0.5, 0.6) is 0 Å². The van der Waals surface area contributed by atoms with Crippen molar-refractivity contribution in [2.75, 3.05) is 13.1 Å². The average Bonchev–Trinajstić information content (AvgIpc) is 3.20. The highest BCUT2D eigenvalue weighted by molar-refractivity contribution is 7.09. The van der Waals surface area contributed by atoms with E-state index in [4.69, 9.17) is 0 Å². The van der Waals surface area contributed by atoms with Crippen LogP contribution >= 0.6 is 11.3 Å². The molecular weight excluding hydrogens is 462 g/mol. The molecule has 1 unspecified atom stereocenters. The van der Waals surface area contributed by atoms with E-state index in [0.29, 0.717) is 28.2 Å². The number of carbonyl (C=O) groups excluding carboxylic acids is 2. The fraction of sp³-hybridized carbons (Fsp3) is 0.500. The highest BCUT2D eigenvalue weighted by Crippen LogP contribution is 2.43. The number of amides is 2. The Kier molecular flexibility index (Phi) is 7.42. The summed E-state index contributed by atoms with van der Waals surface area (Å²) in [7, 11) is 0. The van der Waals surface area contributed by atoms with Gasteiger partial charge in [0, 0.05) is 36.6 Å². The zero-order valence-corrected chi connectivity index (χ0v) is 19.0. The van der Waals surface area contributed by atoms with Gasteiger partial charge in [-0.3, -0.25) is 9.59 Å². The Morgan fingerprint density at radius 2 is 1.91 bits per heavy atom. The second kappa shape index (κ2) is 9.76. The molecule has 0 radical (unpaired) electrons. The molecule has 0 saturated carbocycles. The minimum atomic E-state index is -5.07. The Bertz CT molecular complexity index is 1020. The summed E-state index contributed by atoms with van der Waals surface area (Å²) < 4.78 is 54.5. The monoisotopic (exact) mass is 487 g/mol. The van der Waals surface area contributed by atoms with Crippen LogP contribution in [0.25, 0.3) is 0 Å². The summed E-state index contributed by atoms with van der Waals surface area (Å²) in [6, 6.07) is 4.68. The van der Waals surface area contributed by atoms with E-state index >= 15 is 0 Å². The maximum absolute atomic E-state index is 13.6. The molecule has 33 heavy (non-hydrogen) atoms. The number of aliphatic hydroxyl groups is 1. The van der Waals surface area contributed by atoms with Crippen molar-refractivity contribution in [3.8, 4) is 0 Å². The molecule has 1 fully saturated rings. The second-order valence-electron chi connectivity index (χ2n) is 8.29. The van der Waals surface area contributed by atoms with E-state index in [1.807, 2.05) is 0 Å². The third kappa shape index (κ3) is 5.70. The first kappa shape index (κ1) is 25.1. The summed E-state index contributed by atoms with van der Waals surface area (Å²) in [5.74, 6) is -1.88. The zero-order valence-electron chi connectivity index (χ0n) is 18.2. The van der Waals surface area contributed by atoms with Gasteiger partial charge in [0.25, 0.3) is 0 Å². The van der Waals surface area contributed by atoms with Crippen molar-refractivity contribution < 1.29 is 32.3 Å². The number of thiazole rings is 1. The van der Waals surface area contributed by atoms with Crippen LogP contribution in [0.1, 0.15) is 41.1 Å². The molecule has 1 aliphatic rings. The topological polar surface area (TPSA) is 82.5 Å². The van der Waals surface area contributed by atoms with Gasteiger partial charge in [-0.25, -0.2) is 9.37 Å². The lowest BCUT2D eigenvalue weighted by Crippen LogP contribution is -2.49. The lowest BCUT2D eigenvalue weighted by molar-refractivity contribution is -0.268. The minimum Gasteiger partial charge on any atom is -0.374 e. The number of rotatable bonds is 6. The summed E-state index contributed by atoms with van der Waals surface area (Å²) >= 11 is 0.653. The molecule has 1 saturated heterocycles. The second-order valence-corrected chi connectivity index (χ2v) is 9.14. The smallest absolute Gasteiger partial charge is 0.374 e. The van der Waals surface area contributed by atoms with Crippen molar-refractivity contribution in [1.82, 2.24) is 15.2 Å². The van der Waals surface area contributed by atoms with Gasteiger partial charge >= 0.3 is 6.18 Å². The van der Waals surface area contributed by atoms with Crippen molar-refractivity contribution in [2.24, 2.45) is 5.92 Å². The van der Waals surface area contributed by atoms with Crippen LogP contribution in [-0.4, -0.2) is 46.1 Å². The molecule has 2 heterocycles. The number of benzene rings is 1. The molecule has 1 aromatic carbocycles. The summed E-state index contributed by atoms with van der Waals surface area (Å²) in [4.78, 5) is 30.0. The third-order valence-corrected chi connectivity index (χ3v) is 6.88. The highest BCUT2D eigenvalue weighted by Gasteiger charge is 2.58. The van der Waals surface area contributed by atoms with Gasteiger partial charge in [-0.1, -0.05) is 12.1 Å². The molecule has 0 aliphatic carbocycles. The predicted octanol–water partition coefficient (Wildman–Crippen LogP) is 3.59. The van der Waals surface area contributed by atoms with Gasteiger partial charge in [-0.05, 0) is 43.9 Å². The number of aryl methyl sites for hydroxylation is 2. The SMILES string of the molecule is Cc1csc(C(O)(CC(=O)N2CCC(C(=O)NCc3ccc(C)c(F)c3)CC2)C(F)(F)F)n1. The first-order chi connectivity index (χ1) is 15.4. The number of hydrogen-bond acceptors (Lipinski definition) is 5. The molecule has 1 atom stereocenters. The van der Waals surface area contributed by atoms with Crippen LogP contribution < -0.4 is 5.32 Å². The molecule has 1 aromatic heterocycles. The number of nitrogens with one attached hydrogen (secondary N) is 1. The maximum atomic E-state index is 13.6. The van der Waals surface area contributed by atoms with Crippen molar-refractivity contribution in [1.29, 1.82) is 0 Å². The van der Waals surface area contributed by atoms with E-state index < -0.39 is 35.0 Å². The summed E-state index contributed by atoms with van der Waals surface area (Å²) in [5.41, 5.74) is -1.92.